The summed E-state index contributed by atoms with van der Waals surface area (Å²) < 4.78 is 20.5. The second-order valence-electron chi connectivity index (χ2n) is 10.6. The minimum absolute atomic E-state index is 0.0448. The zero-order valence-electron chi connectivity index (χ0n) is 23.6. The van der Waals surface area contributed by atoms with E-state index in [1.165, 1.54) is 12.1 Å². The Balaban J connectivity index is 1.46. The number of benzene rings is 2. The van der Waals surface area contributed by atoms with Crippen LogP contribution in [0.5, 0.6) is 6.01 Å². The molecule has 218 valence electrons. The number of hydrogen-bond donors (Lipinski definition) is 0. The number of carbonyl (C=O) groups excluding carboxylic acids is 1. The number of pyridine rings is 1. The Morgan fingerprint density at radius 1 is 1.26 bits per heavy atom. The highest BCUT2D eigenvalue weighted by molar-refractivity contribution is 6.36. The number of fused-ring (bicyclic) bond motifs is 2. The summed E-state index contributed by atoms with van der Waals surface area (Å²) in [5, 5.41) is 10.9. The molecule has 11 heteroatoms. The quantitative estimate of drug-likeness (QED) is 0.206. The molecule has 2 aromatic heterocycles. The van der Waals surface area contributed by atoms with Gasteiger partial charge in [-0.25, -0.2) is 4.39 Å². The molecule has 2 aliphatic rings. The van der Waals surface area contributed by atoms with Gasteiger partial charge in [0.05, 0.1) is 29.1 Å². The third-order valence-electron chi connectivity index (χ3n) is 8.03. The summed E-state index contributed by atoms with van der Waals surface area (Å²) >= 11 is 6.44. The minimum Gasteiger partial charge on any atom is -0.430 e. The fourth-order valence-corrected chi connectivity index (χ4v) is 6.06. The molecule has 0 spiro atoms. The van der Waals surface area contributed by atoms with E-state index in [0.29, 0.717) is 47.4 Å². The largest absolute Gasteiger partial charge is 0.430 e. The van der Waals surface area contributed by atoms with Gasteiger partial charge in [-0.2, -0.15) is 15.2 Å². The number of halogens is 2. The predicted octanol–water partition coefficient (Wildman–Crippen LogP) is 5.70. The van der Waals surface area contributed by atoms with Crippen LogP contribution in [-0.4, -0.2) is 69.9 Å². The van der Waals surface area contributed by atoms with Crippen LogP contribution in [0.15, 0.2) is 67.2 Å². The smallest absolute Gasteiger partial charge is 0.324 e. The second kappa shape index (κ2) is 11.9. The van der Waals surface area contributed by atoms with Gasteiger partial charge in [-0.15, -0.1) is 0 Å². The number of rotatable bonds is 6. The molecule has 4 heterocycles. The molecular formula is C32H29ClFN7O2. The van der Waals surface area contributed by atoms with Crippen LogP contribution in [0, 0.1) is 17.1 Å². The fraction of sp³-hybridized carbons (Fsp3) is 0.281. The van der Waals surface area contributed by atoms with Crippen LogP contribution in [0.2, 0.25) is 5.02 Å². The Hall–Kier alpha value is -4.75. The summed E-state index contributed by atoms with van der Waals surface area (Å²) in [6, 6.07) is 12.6. The van der Waals surface area contributed by atoms with Crippen LogP contribution in [0.4, 0.5) is 10.2 Å². The van der Waals surface area contributed by atoms with Crippen molar-refractivity contribution in [2.45, 2.75) is 25.3 Å². The van der Waals surface area contributed by atoms with Crippen molar-refractivity contribution in [2.75, 3.05) is 38.1 Å². The summed E-state index contributed by atoms with van der Waals surface area (Å²) in [6.07, 6.45) is 6.76. The maximum Gasteiger partial charge on any atom is 0.324 e. The van der Waals surface area contributed by atoms with Gasteiger partial charge in [-0.3, -0.25) is 9.78 Å². The molecule has 2 fully saturated rings. The average molecular weight is 598 g/mol. The number of nitrogens with zero attached hydrogens (tertiary/aromatic N) is 7. The first-order valence-electron chi connectivity index (χ1n) is 14.0. The molecule has 0 N–H and O–H groups in total. The first kappa shape index (κ1) is 28.4. The van der Waals surface area contributed by atoms with Gasteiger partial charge in [0, 0.05) is 56.1 Å². The Morgan fingerprint density at radius 3 is 2.88 bits per heavy atom. The first-order chi connectivity index (χ1) is 20.9. The zero-order chi connectivity index (χ0) is 30.1. The number of allylic oxidation sites excluding steroid dienone is 1. The van der Waals surface area contributed by atoms with Crippen molar-refractivity contribution >= 4 is 45.1 Å². The minimum atomic E-state index is -0.499. The van der Waals surface area contributed by atoms with Crippen LogP contribution in [0.1, 0.15) is 19.3 Å². The molecular weight excluding hydrogens is 569 g/mol. The van der Waals surface area contributed by atoms with Crippen LogP contribution >= 0.6 is 11.6 Å². The standard InChI is InChI=1S/C32H29ClFN7O2/c1-3-27(42)41-15-14-40(18-22(41)11-12-35)31-30-26(37-32(38-31)43-19-23-7-5-13-39(23)2)16-21(17-36-30)24-8-4-6-20-9-10-25(34)29(33)28(20)24/h3-4,6,8-10,16-17,19,22H,1,5,7,11,13-15,18H2,2H3/t22-/m0/s1. The van der Waals surface area contributed by atoms with Gasteiger partial charge in [0.2, 0.25) is 5.91 Å². The van der Waals surface area contributed by atoms with Crippen molar-refractivity contribution in [1.82, 2.24) is 24.8 Å². The lowest BCUT2D eigenvalue weighted by Crippen LogP contribution is -2.55. The van der Waals surface area contributed by atoms with E-state index in [1.807, 2.05) is 36.2 Å². The second-order valence-corrected chi connectivity index (χ2v) is 11.0. The van der Waals surface area contributed by atoms with Gasteiger partial charge in [0.25, 0.3) is 0 Å². The van der Waals surface area contributed by atoms with Crippen LogP contribution in [0.25, 0.3) is 32.9 Å². The lowest BCUT2D eigenvalue weighted by molar-refractivity contribution is -0.128. The number of amides is 1. The van der Waals surface area contributed by atoms with E-state index in [0.717, 1.165) is 36.0 Å². The summed E-state index contributed by atoms with van der Waals surface area (Å²) in [5.74, 6) is -0.168. The number of nitriles is 1. The number of likely N-dealkylation sites (tertiary alicyclic amines) is 1. The summed E-state index contributed by atoms with van der Waals surface area (Å²) in [5.41, 5.74) is 3.55. The Labute approximate surface area is 253 Å². The number of piperazine rings is 1. The monoisotopic (exact) mass is 597 g/mol. The lowest BCUT2D eigenvalue weighted by Gasteiger charge is -2.40. The predicted molar refractivity (Wildman–Crippen MR) is 164 cm³/mol. The Morgan fingerprint density at radius 2 is 2.12 bits per heavy atom. The van der Waals surface area contributed by atoms with Gasteiger partial charge in [-0.05, 0) is 42.0 Å². The maximum absolute atomic E-state index is 14.5. The maximum atomic E-state index is 14.5. The molecule has 6 rings (SSSR count). The number of hydrogen-bond acceptors (Lipinski definition) is 8. The molecule has 2 saturated heterocycles. The van der Waals surface area contributed by atoms with Crippen molar-refractivity contribution in [3.63, 3.8) is 0 Å². The molecule has 43 heavy (non-hydrogen) atoms. The van der Waals surface area contributed by atoms with E-state index >= 15 is 0 Å². The topological polar surface area (TPSA) is 98.5 Å². The van der Waals surface area contributed by atoms with Crippen molar-refractivity contribution in [1.29, 1.82) is 5.26 Å². The van der Waals surface area contributed by atoms with Gasteiger partial charge in [-0.1, -0.05) is 42.4 Å². The highest BCUT2D eigenvalue weighted by Crippen LogP contribution is 2.37. The van der Waals surface area contributed by atoms with E-state index in [4.69, 9.17) is 31.3 Å². The summed E-state index contributed by atoms with van der Waals surface area (Å²) in [4.78, 5) is 32.6. The average Bonchev–Trinajstić information content (AvgIpc) is 3.44. The molecule has 0 unspecified atom stereocenters. The third kappa shape index (κ3) is 5.44. The van der Waals surface area contributed by atoms with Crippen molar-refractivity contribution in [3.8, 4) is 23.2 Å². The van der Waals surface area contributed by atoms with E-state index in [-0.39, 0.29) is 29.4 Å². The molecule has 1 amide bonds. The zero-order valence-corrected chi connectivity index (χ0v) is 24.4. The molecule has 4 aromatic rings. The fourth-order valence-electron chi connectivity index (χ4n) is 5.79. The Kier molecular flexibility index (Phi) is 7.82. The van der Waals surface area contributed by atoms with Crippen molar-refractivity contribution < 1.29 is 13.9 Å². The molecule has 0 saturated carbocycles. The normalized spacial score (nSPS) is 18.0. The van der Waals surface area contributed by atoms with Gasteiger partial charge >= 0.3 is 6.01 Å². The molecule has 0 aliphatic carbocycles. The highest BCUT2D eigenvalue weighted by atomic mass is 35.5. The van der Waals surface area contributed by atoms with Gasteiger partial charge in [0.1, 0.15) is 17.6 Å². The molecule has 9 nitrogen and oxygen atoms in total. The number of ether oxygens (including phenoxy) is 1. The van der Waals surface area contributed by atoms with Crippen molar-refractivity contribution in [3.05, 3.63) is 78.0 Å². The summed E-state index contributed by atoms with van der Waals surface area (Å²) in [7, 11) is 2.02. The van der Waals surface area contributed by atoms with E-state index in [1.54, 1.807) is 23.4 Å². The Bertz CT molecular complexity index is 1820. The van der Waals surface area contributed by atoms with Crippen LogP contribution in [-0.2, 0) is 4.79 Å². The summed E-state index contributed by atoms with van der Waals surface area (Å²) in [6.45, 7) is 5.81. The first-order valence-corrected chi connectivity index (χ1v) is 14.4. The molecule has 1 atom stereocenters. The number of carbonyl (C=O) groups is 1. The lowest BCUT2D eigenvalue weighted by atomic mass is 9.99. The number of anilines is 1. The number of aromatic nitrogens is 3. The van der Waals surface area contributed by atoms with Crippen LogP contribution < -0.4 is 9.64 Å². The molecule has 0 radical (unpaired) electrons. The molecule has 0 bridgehead atoms. The molecule has 2 aliphatic heterocycles. The van der Waals surface area contributed by atoms with E-state index < -0.39 is 5.82 Å². The highest BCUT2D eigenvalue weighted by Gasteiger charge is 2.31. The SMILES string of the molecule is C=CC(=O)N1CCN(c2nc(OC=C3CCCN3C)nc3cc(-c4cccc5ccc(F)c(Cl)c45)cnc23)C[C@@H]1CC#N. The third-order valence-corrected chi connectivity index (χ3v) is 8.40. The van der Waals surface area contributed by atoms with Crippen LogP contribution in [0.3, 0.4) is 0 Å². The van der Waals surface area contributed by atoms with Gasteiger partial charge < -0.3 is 19.4 Å². The van der Waals surface area contributed by atoms with E-state index in [9.17, 15) is 14.4 Å². The van der Waals surface area contributed by atoms with Crippen molar-refractivity contribution in [2.24, 2.45) is 0 Å². The van der Waals surface area contributed by atoms with Gasteiger partial charge in [0.15, 0.2) is 5.82 Å². The molecule has 2 aromatic carbocycles. The van der Waals surface area contributed by atoms with E-state index in [2.05, 4.69) is 17.5 Å².